The van der Waals surface area contributed by atoms with Crippen LogP contribution in [-0.2, 0) is 0 Å². The van der Waals surface area contributed by atoms with Crippen LogP contribution in [0.3, 0.4) is 0 Å². The number of rotatable bonds is 4. The third-order valence-corrected chi connectivity index (χ3v) is 4.35. The molecule has 3 rings (SSSR count). The highest BCUT2D eigenvalue weighted by molar-refractivity contribution is 5.40. The van der Waals surface area contributed by atoms with Crippen molar-refractivity contribution in [2.75, 3.05) is 30.4 Å². The number of piperidine rings is 1. The second kappa shape index (κ2) is 5.81. The summed E-state index contributed by atoms with van der Waals surface area (Å²) in [7, 11) is 1.82. The molecular weight excluding hydrogens is 254 g/mol. The van der Waals surface area contributed by atoms with Crippen LogP contribution < -0.4 is 15.0 Å². The summed E-state index contributed by atoms with van der Waals surface area (Å²) in [5.41, 5.74) is 0. The number of hydrogen-bond acceptors (Lipinski definition) is 6. The van der Waals surface area contributed by atoms with Gasteiger partial charge in [-0.25, -0.2) is 0 Å². The maximum atomic E-state index is 5.46. The SMILES string of the molecule is CCOc1nc(NC)nc(N2CCCC3CCCC32)n1. The highest BCUT2D eigenvalue weighted by Crippen LogP contribution is 2.38. The van der Waals surface area contributed by atoms with Gasteiger partial charge in [0, 0.05) is 19.6 Å². The summed E-state index contributed by atoms with van der Waals surface area (Å²) in [5.74, 6) is 2.16. The van der Waals surface area contributed by atoms with Gasteiger partial charge in [-0.15, -0.1) is 0 Å². The summed E-state index contributed by atoms with van der Waals surface area (Å²) in [6.07, 6.45) is 6.52. The first-order valence-electron chi connectivity index (χ1n) is 7.65. The molecule has 0 aromatic carbocycles. The van der Waals surface area contributed by atoms with Gasteiger partial charge in [0.25, 0.3) is 0 Å². The van der Waals surface area contributed by atoms with Gasteiger partial charge >= 0.3 is 6.01 Å². The summed E-state index contributed by atoms with van der Waals surface area (Å²) in [6, 6.07) is 1.02. The van der Waals surface area contributed by atoms with E-state index in [4.69, 9.17) is 4.74 Å². The van der Waals surface area contributed by atoms with Gasteiger partial charge in [-0.05, 0) is 38.5 Å². The van der Waals surface area contributed by atoms with Crippen LogP contribution >= 0.6 is 0 Å². The van der Waals surface area contributed by atoms with Gasteiger partial charge in [0.05, 0.1) is 6.61 Å². The highest BCUT2D eigenvalue weighted by Gasteiger charge is 2.36. The molecule has 6 nitrogen and oxygen atoms in total. The van der Waals surface area contributed by atoms with E-state index in [1.807, 2.05) is 14.0 Å². The van der Waals surface area contributed by atoms with E-state index in [1.54, 1.807) is 0 Å². The number of nitrogens with zero attached hydrogens (tertiary/aromatic N) is 4. The molecule has 20 heavy (non-hydrogen) atoms. The summed E-state index contributed by atoms with van der Waals surface area (Å²) >= 11 is 0. The molecule has 1 N–H and O–H groups in total. The Kier molecular flexibility index (Phi) is 3.89. The Morgan fingerprint density at radius 2 is 2.05 bits per heavy atom. The topological polar surface area (TPSA) is 63.2 Å². The molecule has 1 aromatic rings. The van der Waals surface area contributed by atoms with Crippen molar-refractivity contribution in [3.05, 3.63) is 0 Å². The second-order valence-electron chi connectivity index (χ2n) is 5.52. The lowest BCUT2D eigenvalue weighted by Crippen LogP contribution is -2.43. The lowest BCUT2D eigenvalue weighted by molar-refractivity contribution is 0.309. The van der Waals surface area contributed by atoms with Crippen molar-refractivity contribution in [2.45, 2.75) is 45.1 Å². The number of hydrogen-bond donors (Lipinski definition) is 1. The van der Waals surface area contributed by atoms with Crippen molar-refractivity contribution >= 4 is 11.9 Å². The van der Waals surface area contributed by atoms with E-state index in [-0.39, 0.29) is 0 Å². The molecular formula is C14H23N5O. The maximum Gasteiger partial charge on any atom is 0.323 e. The molecule has 1 saturated carbocycles. The van der Waals surface area contributed by atoms with Crippen LogP contribution in [0.5, 0.6) is 6.01 Å². The van der Waals surface area contributed by atoms with Gasteiger partial charge < -0.3 is 15.0 Å². The van der Waals surface area contributed by atoms with Gasteiger partial charge in [-0.3, -0.25) is 0 Å². The lowest BCUT2D eigenvalue weighted by Gasteiger charge is -2.37. The Morgan fingerprint density at radius 1 is 1.20 bits per heavy atom. The Bertz CT molecular complexity index is 467. The molecule has 1 aliphatic carbocycles. The van der Waals surface area contributed by atoms with Gasteiger partial charge in [-0.1, -0.05) is 6.42 Å². The van der Waals surface area contributed by atoms with E-state index >= 15 is 0 Å². The summed E-state index contributed by atoms with van der Waals surface area (Å²) in [6.45, 7) is 3.55. The minimum absolute atomic E-state index is 0.418. The molecule has 6 heteroatoms. The van der Waals surface area contributed by atoms with Crippen LogP contribution in [-0.4, -0.2) is 41.2 Å². The summed E-state index contributed by atoms with van der Waals surface area (Å²) in [5, 5.41) is 3.00. The minimum Gasteiger partial charge on any atom is -0.464 e. The number of anilines is 2. The van der Waals surface area contributed by atoms with Crippen molar-refractivity contribution in [1.82, 2.24) is 15.0 Å². The minimum atomic E-state index is 0.418. The Morgan fingerprint density at radius 3 is 2.85 bits per heavy atom. The monoisotopic (exact) mass is 277 g/mol. The van der Waals surface area contributed by atoms with Crippen molar-refractivity contribution in [3.63, 3.8) is 0 Å². The largest absolute Gasteiger partial charge is 0.464 e. The lowest BCUT2D eigenvalue weighted by atomic mass is 9.92. The first-order chi connectivity index (χ1) is 9.81. The van der Waals surface area contributed by atoms with Gasteiger partial charge in [0.2, 0.25) is 11.9 Å². The molecule has 2 heterocycles. The van der Waals surface area contributed by atoms with Gasteiger partial charge in [0.15, 0.2) is 0 Å². The molecule has 2 aliphatic rings. The molecule has 110 valence electrons. The zero-order valence-electron chi connectivity index (χ0n) is 12.3. The quantitative estimate of drug-likeness (QED) is 0.909. The number of ether oxygens (including phenoxy) is 1. The number of nitrogens with one attached hydrogen (secondary N) is 1. The standard InChI is InChI=1S/C14H23N5O/c1-3-20-14-17-12(15-2)16-13(18-14)19-9-5-7-10-6-4-8-11(10)19/h10-11H,3-9H2,1-2H3,(H,15,16,17,18). The maximum absolute atomic E-state index is 5.46. The number of fused-ring (bicyclic) bond motifs is 1. The normalized spacial score (nSPS) is 25.4. The molecule has 1 aromatic heterocycles. The fourth-order valence-electron chi connectivity index (χ4n) is 3.48. The fraction of sp³-hybridized carbons (Fsp3) is 0.786. The highest BCUT2D eigenvalue weighted by atomic mass is 16.5. The van der Waals surface area contributed by atoms with Crippen LogP contribution in [0.15, 0.2) is 0 Å². The van der Waals surface area contributed by atoms with E-state index in [9.17, 15) is 0 Å². The molecule has 0 bridgehead atoms. The second-order valence-corrected chi connectivity index (χ2v) is 5.52. The zero-order valence-corrected chi connectivity index (χ0v) is 12.3. The van der Waals surface area contributed by atoms with Crippen molar-refractivity contribution in [3.8, 4) is 6.01 Å². The molecule has 2 fully saturated rings. The van der Waals surface area contributed by atoms with Crippen molar-refractivity contribution in [1.29, 1.82) is 0 Å². The van der Waals surface area contributed by atoms with Gasteiger partial charge in [0.1, 0.15) is 0 Å². The molecule has 2 unspecified atom stereocenters. The predicted octanol–water partition coefficient (Wildman–Crippen LogP) is 2.08. The van der Waals surface area contributed by atoms with Crippen molar-refractivity contribution < 1.29 is 4.74 Å². The van der Waals surface area contributed by atoms with Gasteiger partial charge in [-0.2, -0.15) is 15.0 Å². The van der Waals surface area contributed by atoms with Crippen LogP contribution in [0.4, 0.5) is 11.9 Å². The molecule has 0 spiro atoms. The Labute approximate surface area is 120 Å². The van der Waals surface area contributed by atoms with Crippen LogP contribution in [0.25, 0.3) is 0 Å². The molecule has 2 atom stereocenters. The van der Waals surface area contributed by atoms with Crippen molar-refractivity contribution in [2.24, 2.45) is 5.92 Å². The molecule has 1 aliphatic heterocycles. The van der Waals surface area contributed by atoms with E-state index in [2.05, 4.69) is 25.2 Å². The molecule has 1 saturated heterocycles. The van der Waals surface area contributed by atoms with Crippen LogP contribution in [0, 0.1) is 5.92 Å². The van der Waals surface area contributed by atoms with E-state index in [0.717, 1.165) is 18.4 Å². The molecule has 0 amide bonds. The first kappa shape index (κ1) is 13.4. The number of aromatic nitrogens is 3. The van der Waals surface area contributed by atoms with Crippen LogP contribution in [0.1, 0.15) is 39.0 Å². The predicted molar refractivity (Wildman–Crippen MR) is 78.3 cm³/mol. The van der Waals surface area contributed by atoms with E-state index in [0.29, 0.717) is 24.6 Å². The van der Waals surface area contributed by atoms with Crippen LogP contribution in [0.2, 0.25) is 0 Å². The molecule has 0 radical (unpaired) electrons. The first-order valence-corrected chi connectivity index (χ1v) is 7.65. The summed E-state index contributed by atoms with van der Waals surface area (Å²) in [4.78, 5) is 15.6. The van der Waals surface area contributed by atoms with E-state index < -0.39 is 0 Å². The summed E-state index contributed by atoms with van der Waals surface area (Å²) < 4.78 is 5.46. The Balaban J connectivity index is 1.89. The zero-order chi connectivity index (χ0) is 13.9. The smallest absolute Gasteiger partial charge is 0.323 e. The van der Waals surface area contributed by atoms with E-state index in [1.165, 1.54) is 32.1 Å². The Hall–Kier alpha value is -1.59. The third-order valence-electron chi connectivity index (χ3n) is 4.35. The average molecular weight is 277 g/mol. The average Bonchev–Trinajstić information content (AvgIpc) is 2.95. The fourth-order valence-corrected chi connectivity index (χ4v) is 3.48. The third kappa shape index (κ3) is 2.51.